The molecule has 1 aromatic rings. The van der Waals surface area contributed by atoms with Gasteiger partial charge in [-0.05, 0) is 16.4 Å². The van der Waals surface area contributed by atoms with Crippen molar-refractivity contribution in [2.75, 3.05) is 0 Å². The van der Waals surface area contributed by atoms with Gasteiger partial charge >= 0.3 is 0 Å². The van der Waals surface area contributed by atoms with Crippen molar-refractivity contribution in [3.05, 3.63) is 46.9 Å². The highest BCUT2D eigenvalue weighted by Gasteiger charge is 1.94. The Morgan fingerprint density at radius 2 is 1.92 bits per heavy atom. The van der Waals surface area contributed by atoms with Crippen molar-refractivity contribution in [1.29, 1.82) is 0 Å². The van der Waals surface area contributed by atoms with Crippen LogP contribution in [0.1, 0.15) is 13.8 Å². The average Bonchev–Trinajstić information content (AvgIpc) is 2.08. The van der Waals surface area contributed by atoms with Crippen LogP contribution in [0.4, 0.5) is 0 Å². The number of hydrogen-bond donors (Lipinski definition) is 0. The third-order valence-electron chi connectivity index (χ3n) is 2.14. The Hall–Kier alpha value is -1.30. The fraction of sp³-hybridized carbons (Fsp3) is 0.231. The molecular weight excluding hydrogens is 156 g/mol. The molecular formula is C13H16. The molecule has 0 heterocycles. The van der Waals surface area contributed by atoms with E-state index >= 15 is 0 Å². The van der Waals surface area contributed by atoms with Gasteiger partial charge in [0.2, 0.25) is 0 Å². The predicted molar refractivity (Wildman–Crippen MR) is 59.7 cm³/mol. The maximum absolute atomic E-state index is 4.01. The Bertz CT molecular complexity index is 396. The van der Waals surface area contributed by atoms with Crippen LogP contribution in [-0.4, -0.2) is 0 Å². The maximum Gasteiger partial charge on any atom is -0.0187 e. The summed E-state index contributed by atoms with van der Waals surface area (Å²) in [6.07, 6.45) is 2.10. The smallest absolute Gasteiger partial charge is 0.0187 e. The topological polar surface area (TPSA) is 0 Å². The second kappa shape index (κ2) is 4.08. The molecule has 13 heavy (non-hydrogen) atoms. The zero-order valence-electron chi connectivity index (χ0n) is 8.38. The normalized spacial score (nSPS) is 12.1. The molecule has 0 atom stereocenters. The lowest BCUT2D eigenvalue weighted by molar-refractivity contribution is 0.805. The molecule has 0 N–H and O–H groups in total. The van der Waals surface area contributed by atoms with Crippen LogP contribution in [0.15, 0.2) is 36.4 Å². The van der Waals surface area contributed by atoms with Crippen molar-refractivity contribution in [3.8, 4) is 0 Å². The zero-order chi connectivity index (χ0) is 9.84. The summed E-state index contributed by atoms with van der Waals surface area (Å²) in [5.41, 5.74) is 1.15. The summed E-state index contributed by atoms with van der Waals surface area (Å²) in [7, 11) is 0. The first-order valence-electron chi connectivity index (χ1n) is 4.56. The Balaban J connectivity index is 3.16. The molecule has 0 fully saturated rings. The summed E-state index contributed by atoms with van der Waals surface area (Å²) < 4.78 is 0. The SMILES string of the molecule is C=C(/C=c1/ccccc1=C)C(C)C. The number of benzene rings is 1. The third kappa shape index (κ3) is 2.59. The lowest BCUT2D eigenvalue weighted by Crippen LogP contribution is -2.22. The van der Waals surface area contributed by atoms with Crippen molar-refractivity contribution in [2.45, 2.75) is 13.8 Å². The van der Waals surface area contributed by atoms with Gasteiger partial charge in [-0.15, -0.1) is 0 Å². The van der Waals surface area contributed by atoms with Crippen LogP contribution in [0.3, 0.4) is 0 Å². The molecule has 0 aliphatic rings. The van der Waals surface area contributed by atoms with E-state index in [-0.39, 0.29) is 0 Å². The third-order valence-corrected chi connectivity index (χ3v) is 2.14. The average molecular weight is 172 g/mol. The Morgan fingerprint density at radius 1 is 1.31 bits per heavy atom. The summed E-state index contributed by atoms with van der Waals surface area (Å²) >= 11 is 0. The van der Waals surface area contributed by atoms with Gasteiger partial charge in [0.05, 0.1) is 0 Å². The molecule has 0 unspecified atom stereocenters. The van der Waals surface area contributed by atoms with Crippen LogP contribution in [0.5, 0.6) is 0 Å². The van der Waals surface area contributed by atoms with Gasteiger partial charge in [0.15, 0.2) is 0 Å². The van der Waals surface area contributed by atoms with E-state index in [1.54, 1.807) is 0 Å². The van der Waals surface area contributed by atoms with Crippen LogP contribution >= 0.6 is 0 Å². The van der Waals surface area contributed by atoms with Gasteiger partial charge in [-0.3, -0.25) is 0 Å². The molecule has 0 aliphatic heterocycles. The van der Waals surface area contributed by atoms with E-state index in [2.05, 4.69) is 39.1 Å². The van der Waals surface area contributed by atoms with Crippen LogP contribution in [0.2, 0.25) is 0 Å². The van der Waals surface area contributed by atoms with E-state index in [1.165, 1.54) is 5.22 Å². The van der Waals surface area contributed by atoms with Gasteiger partial charge < -0.3 is 0 Å². The molecule has 0 bridgehead atoms. The fourth-order valence-corrected chi connectivity index (χ4v) is 1.04. The molecule has 68 valence electrons. The highest BCUT2D eigenvalue weighted by molar-refractivity contribution is 5.46. The quantitative estimate of drug-likeness (QED) is 0.641. The predicted octanol–water partition coefficient (Wildman–Crippen LogP) is 2.09. The summed E-state index contributed by atoms with van der Waals surface area (Å²) in [5, 5.41) is 2.23. The summed E-state index contributed by atoms with van der Waals surface area (Å²) in [4.78, 5) is 0. The second-order valence-corrected chi connectivity index (χ2v) is 3.57. The molecule has 0 radical (unpaired) electrons. The Morgan fingerprint density at radius 3 is 2.46 bits per heavy atom. The highest BCUT2D eigenvalue weighted by atomic mass is 14.0. The van der Waals surface area contributed by atoms with Crippen LogP contribution in [0.25, 0.3) is 12.7 Å². The monoisotopic (exact) mass is 172 g/mol. The first-order chi connectivity index (χ1) is 6.11. The molecule has 1 rings (SSSR count). The largest absolute Gasteiger partial charge is 0.0955 e. The first kappa shape index (κ1) is 9.79. The van der Waals surface area contributed by atoms with Crippen molar-refractivity contribution in [2.24, 2.45) is 5.92 Å². The van der Waals surface area contributed by atoms with Crippen molar-refractivity contribution < 1.29 is 0 Å². The van der Waals surface area contributed by atoms with Crippen LogP contribution < -0.4 is 10.4 Å². The van der Waals surface area contributed by atoms with Crippen LogP contribution in [0, 0.1) is 5.92 Å². The van der Waals surface area contributed by atoms with Crippen molar-refractivity contribution in [1.82, 2.24) is 0 Å². The van der Waals surface area contributed by atoms with E-state index in [0.29, 0.717) is 5.92 Å². The lowest BCUT2D eigenvalue weighted by Gasteiger charge is -2.02. The van der Waals surface area contributed by atoms with Crippen molar-refractivity contribution in [3.63, 3.8) is 0 Å². The van der Waals surface area contributed by atoms with E-state index < -0.39 is 0 Å². The molecule has 0 saturated heterocycles. The maximum atomic E-state index is 4.01. The molecule has 0 heteroatoms. The Labute approximate surface area is 79.9 Å². The Kier molecular flexibility index (Phi) is 3.07. The molecule has 0 amide bonds. The lowest BCUT2D eigenvalue weighted by atomic mass is 10.0. The van der Waals surface area contributed by atoms with Gasteiger partial charge in [-0.25, -0.2) is 0 Å². The summed E-state index contributed by atoms with van der Waals surface area (Å²) in [5.74, 6) is 0.500. The van der Waals surface area contributed by atoms with Gasteiger partial charge in [-0.1, -0.05) is 62.9 Å². The van der Waals surface area contributed by atoms with E-state index in [4.69, 9.17) is 0 Å². The standard InChI is InChI=1S/C13H16/c1-10(2)12(4)9-13-8-6-5-7-11(13)3/h5-10H,3-4H2,1-2H3/b13-9-. The van der Waals surface area contributed by atoms with Crippen LogP contribution in [-0.2, 0) is 0 Å². The number of rotatable bonds is 2. The van der Waals surface area contributed by atoms with E-state index in [0.717, 1.165) is 10.8 Å². The first-order valence-corrected chi connectivity index (χ1v) is 4.56. The minimum atomic E-state index is 0.500. The van der Waals surface area contributed by atoms with Gasteiger partial charge in [0.1, 0.15) is 0 Å². The van der Waals surface area contributed by atoms with Gasteiger partial charge in [0, 0.05) is 0 Å². The molecule has 0 saturated carbocycles. The summed E-state index contributed by atoms with van der Waals surface area (Å²) in [6, 6.07) is 8.10. The van der Waals surface area contributed by atoms with E-state index in [1.807, 2.05) is 18.2 Å². The van der Waals surface area contributed by atoms with Crippen molar-refractivity contribution >= 4 is 12.7 Å². The zero-order valence-corrected chi connectivity index (χ0v) is 8.38. The minimum Gasteiger partial charge on any atom is -0.0955 e. The second-order valence-electron chi connectivity index (χ2n) is 3.57. The highest BCUT2D eigenvalue weighted by Crippen LogP contribution is 2.06. The van der Waals surface area contributed by atoms with Gasteiger partial charge in [-0.2, -0.15) is 0 Å². The minimum absolute atomic E-state index is 0.500. The molecule has 0 aliphatic carbocycles. The number of allylic oxidation sites excluding steroid dienone is 1. The molecule has 0 nitrogen and oxygen atoms in total. The summed E-state index contributed by atoms with van der Waals surface area (Å²) in [6.45, 7) is 12.3. The molecule has 0 spiro atoms. The molecule has 0 aromatic heterocycles. The van der Waals surface area contributed by atoms with E-state index in [9.17, 15) is 0 Å². The number of hydrogen-bond acceptors (Lipinski definition) is 0. The van der Waals surface area contributed by atoms with Gasteiger partial charge in [0.25, 0.3) is 0 Å². The fourth-order valence-electron chi connectivity index (χ4n) is 1.04. The molecule has 1 aromatic carbocycles.